The first kappa shape index (κ1) is 20.9. The number of anilines is 1. The third-order valence-corrected chi connectivity index (χ3v) is 6.05. The molecule has 0 unspecified atom stereocenters. The molecule has 1 aromatic carbocycles. The number of hydrogen-bond donors (Lipinski definition) is 0. The smallest absolute Gasteiger partial charge is 0.350 e. The van der Waals surface area contributed by atoms with Crippen LogP contribution in [0.3, 0.4) is 0 Å². The van der Waals surface area contributed by atoms with Gasteiger partial charge in [-0.3, -0.25) is 4.79 Å². The molecule has 1 fully saturated rings. The minimum absolute atomic E-state index is 0.247. The van der Waals surface area contributed by atoms with Crippen LogP contribution in [0.1, 0.15) is 15.4 Å². The summed E-state index contributed by atoms with van der Waals surface area (Å²) >= 11 is 1.16. The number of esters is 1. The molecule has 160 valence electrons. The summed E-state index contributed by atoms with van der Waals surface area (Å²) in [6, 6.07) is 7.64. The summed E-state index contributed by atoms with van der Waals surface area (Å²) in [5, 5.41) is 0.593. The first-order valence-corrected chi connectivity index (χ1v) is 10.5. The molecule has 3 aromatic rings. The van der Waals surface area contributed by atoms with Crippen LogP contribution in [0, 0.1) is 12.7 Å². The summed E-state index contributed by atoms with van der Waals surface area (Å²) in [6.07, 6.45) is 3.37. The number of carbonyl (C=O) groups is 2. The van der Waals surface area contributed by atoms with Crippen molar-refractivity contribution in [1.29, 1.82) is 0 Å². The first-order chi connectivity index (χ1) is 15.0. The van der Waals surface area contributed by atoms with E-state index >= 15 is 0 Å². The second kappa shape index (κ2) is 9.17. The van der Waals surface area contributed by atoms with Gasteiger partial charge in [0.2, 0.25) is 5.95 Å². The van der Waals surface area contributed by atoms with Crippen molar-refractivity contribution in [2.45, 2.75) is 6.92 Å². The maximum Gasteiger partial charge on any atom is 0.350 e. The SMILES string of the molecule is Cc1nc(-c2ccc(F)cc2)sc1C(=O)OCC(=O)N1CCN(c2ncccn2)CC1. The molecule has 0 N–H and O–H groups in total. The second-order valence-electron chi connectivity index (χ2n) is 6.93. The number of amides is 1. The van der Waals surface area contributed by atoms with Gasteiger partial charge in [0.1, 0.15) is 15.7 Å². The van der Waals surface area contributed by atoms with Crippen LogP contribution in [0.25, 0.3) is 10.6 Å². The molecule has 1 saturated heterocycles. The summed E-state index contributed by atoms with van der Waals surface area (Å²) in [6.45, 7) is 3.60. The number of hydrogen-bond acceptors (Lipinski definition) is 8. The van der Waals surface area contributed by atoms with E-state index in [0.717, 1.165) is 11.3 Å². The van der Waals surface area contributed by atoms with Gasteiger partial charge in [-0.1, -0.05) is 0 Å². The van der Waals surface area contributed by atoms with E-state index in [4.69, 9.17) is 4.74 Å². The quantitative estimate of drug-likeness (QED) is 0.562. The van der Waals surface area contributed by atoms with Crippen molar-refractivity contribution in [3.63, 3.8) is 0 Å². The molecule has 4 rings (SSSR count). The second-order valence-corrected chi connectivity index (χ2v) is 7.93. The molecule has 0 bridgehead atoms. The van der Waals surface area contributed by atoms with Gasteiger partial charge in [0, 0.05) is 44.1 Å². The monoisotopic (exact) mass is 441 g/mol. The maximum atomic E-state index is 13.1. The zero-order valence-corrected chi connectivity index (χ0v) is 17.6. The van der Waals surface area contributed by atoms with Crippen molar-refractivity contribution in [2.24, 2.45) is 0 Å². The zero-order chi connectivity index (χ0) is 21.8. The van der Waals surface area contributed by atoms with E-state index in [0.29, 0.717) is 53.3 Å². The number of ether oxygens (including phenoxy) is 1. The Balaban J connectivity index is 1.31. The van der Waals surface area contributed by atoms with E-state index < -0.39 is 5.97 Å². The number of benzene rings is 1. The highest BCUT2D eigenvalue weighted by Gasteiger charge is 2.24. The molecule has 1 amide bonds. The summed E-state index contributed by atoms with van der Waals surface area (Å²) in [5.41, 5.74) is 1.23. The highest BCUT2D eigenvalue weighted by molar-refractivity contribution is 7.17. The number of piperazine rings is 1. The highest BCUT2D eigenvalue weighted by Crippen LogP contribution is 2.28. The Morgan fingerprint density at radius 3 is 2.45 bits per heavy atom. The summed E-state index contributed by atoms with van der Waals surface area (Å²) in [4.78, 5) is 41.8. The van der Waals surface area contributed by atoms with Crippen LogP contribution in [-0.2, 0) is 9.53 Å². The van der Waals surface area contributed by atoms with Gasteiger partial charge in [0.15, 0.2) is 6.61 Å². The summed E-state index contributed by atoms with van der Waals surface area (Å²) < 4.78 is 18.4. The largest absolute Gasteiger partial charge is 0.451 e. The number of halogens is 1. The summed E-state index contributed by atoms with van der Waals surface area (Å²) in [7, 11) is 0. The van der Waals surface area contributed by atoms with Crippen molar-refractivity contribution in [3.8, 4) is 10.6 Å². The Bertz CT molecular complexity index is 1070. The lowest BCUT2D eigenvalue weighted by atomic mass is 10.2. The van der Waals surface area contributed by atoms with Gasteiger partial charge >= 0.3 is 5.97 Å². The fourth-order valence-corrected chi connectivity index (χ4v) is 4.16. The van der Waals surface area contributed by atoms with Crippen molar-refractivity contribution in [2.75, 3.05) is 37.7 Å². The molecule has 0 saturated carbocycles. The number of thiazole rings is 1. The number of rotatable bonds is 5. The number of aryl methyl sites for hydroxylation is 1. The molecule has 0 radical (unpaired) electrons. The average molecular weight is 441 g/mol. The Kier molecular flexibility index (Phi) is 6.17. The van der Waals surface area contributed by atoms with E-state index in [1.165, 1.54) is 12.1 Å². The van der Waals surface area contributed by atoms with E-state index in [-0.39, 0.29) is 18.3 Å². The van der Waals surface area contributed by atoms with Crippen LogP contribution in [0.2, 0.25) is 0 Å². The molecular weight excluding hydrogens is 421 g/mol. The van der Waals surface area contributed by atoms with Crippen molar-refractivity contribution in [3.05, 3.63) is 59.1 Å². The van der Waals surface area contributed by atoms with Crippen LogP contribution in [0.4, 0.5) is 10.3 Å². The topological polar surface area (TPSA) is 88.5 Å². The molecule has 8 nitrogen and oxygen atoms in total. The molecule has 1 aliphatic heterocycles. The molecule has 31 heavy (non-hydrogen) atoms. The third-order valence-electron chi connectivity index (χ3n) is 4.87. The third kappa shape index (κ3) is 4.85. The van der Waals surface area contributed by atoms with Gasteiger partial charge in [0.05, 0.1) is 5.69 Å². The van der Waals surface area contributed by atoms with E-state index in [2.05, 4.69) is 15.0 Å². The standard InChI is InChI=1S/C21H20FN5O3S/c1-14-18(31-19(25-14)15-3-5-16(22)6-4-15)20(29)30-13-17(28)26-9-11-27(12-10-26)21-23-7-2-8-24-21/h2-8H,9-13H2,1H3. The van der Waals surface area contributed by atoms with E-state index in [1.54, 1.807) is 42.4 Å². The molecule has 0 atom stereocenters. The lowest BCUT2D eigenvalue weighted by Crippen LogP contribution is -2.50. The number of aromatic nitrogens is 3. The van der Waals surface area contributed by atoms with Crippen molar-refractivity contribution < 1.29 is 18.7 Å². The minimum atomic E-state index is -0.590. The molecule has 2 aromatic heterocycles. The van der Waals surface area contributed by atoms with Gasteiger partial charge in [-0.2, -0.15) is 0 Å². The van der Waals surface area contributed by atoms with Gasteiger partial charge < -0.3 is 14.5 Å². The number of nitrogens with zero attached hydrogens (tertiary/aromatic N) is 5. The van der Waals surface area contributed by atoms with Crippen LogP contribution >= 0.6 is 11.3 Å². The highest BCUT2D eigenvalue weighted by atomic mass is 32.1. The Morgan fingerprint density at radius 2 is 1.77 bits per heavy atom. The van der Waals surface area contributed by atoms with Crippen LogP contribution < -0.4 is 4.90 Å². The first-order valence-electron chi connectivity index (χ1n) is 9.71. The van der Waals surface area contributed by atoms with Crippen LogP contribution in [0.5, 0.6) is 0 Å². The normalized spacial score (nSPS) is 13.9. The fourth-order valence-electron chi connectivity index (χ4n) is 3.20. The lowest BCUT2D eigenvalue weighted by molar-refractivity contribution is -0.134. The zero-order valence-electron chi connectivity index (χ0n) is 16.8. The number of carbonyl (C=O) groups excluding carboxylic acids is 2. The molecule has 3 heterocycles. The maximum absolute atomic E-state index is 13.1. The van der Waals surface area contributed by atoms with Gasteiger partial charge in [-0.25, -0.2) is 24.1 Å². The molecule has 10 heteroatoms. The minimum Gasteiger partial charge on any atom is -0.451 e. The van der Waals surface area contributed by atoms with E-state index in [9.17, 15) is 14.0 Å². The molecule has 1 aliphatic rings. The van der Waals surface area contributed by atoms with E-state index in [1.807, 2.05) is 4.90 Å². The van der Waals surface area contributed by atoms with Gasteiger partial charge in [-0.05, 0) is 37.3 Å². The average Bonchev–Trinajstić information content (AvgIpc) is 3.20. The van der Waals surface area contributed by atoms with Gasteiger partial charge in [-0.15, -0.1) is 11.3 Å². The lowest BCUT2D eigenvalue weighted by Gasteiger charge is -2.34. The van der Waals surface area contributed by atoms with Crippen molar-refractivity contribution in [1.82, 2.24) is 19.9 Å². The fraction of sp³-hybridized carbons (Fsp3) is 0.286. The van der Waals surface area contributed by atoms with Crippen molar-refractivity contribution >= 4 is 29.2 Å². The predicted octanol–water partition coefficient (Wildman–Crippen LogP) is 2.55. The Labute approximate surface area is 182 Å². The van der Waals surface area contributed by atoms with Gasteiger partial charge in [0.25, 0.3) is 5.91 Å². The Morgan fingerprint density at radius 1 is 1.10 bits per heavy atom. The Hall–Kier alpha value is -3.40. The van der Waals surface area contributed by atoms with Crippen LogP contribution in [-0.4, -0.2) is 64.5 Å². The van der Waals surface area contributed by atoms with Crippen LogP contribution in [0.15, 0.2) is 42.7 Å². The molecular formula is C21H20FN5O3S. The molecule has 0 spiro atoms. The summed E-state index contributed by atoms with van der Waals surface area (Å²) in [5.74, 6) is -0.540. The molecule has 0 aliphatic carbocycles. The predicted molar refractivity (Wildman–Crippen MR) is 113 cm³/mol.